The number of nitrogens with one attached hydrogen (secondary N) is 2. The predicted octanol–water partition coefficient (Wildman–Crippen LogP) is 6.55. The van der Waals surface area contributed by atoms with E-state index in [1.165, 1.54) is 11.1 Å². The number of aromatic amines is 1. The Morgan fingerprint density at radius 3 is 2.70 bits per heavy atom. The van der Waals surface area contributed by atoms with Crippen LogP contribution >= 0.6 is 0 Å². The highest BCUT2D eigenvalue weighted by molar-refractivity contribution is 6.01. The number of benzene rings is 1. The van der Waals surface area contributed by atoms with Crippen molar-refractivity contribution in [2.75, 3.05) is 6.54 Å². The lowest BCUT2D eigenvalue weighted by Crippen LogP contribution is -2.32. The molecule has 0 saturated carbocycles. The van der Waals surface area contributed by atoms with E-state index in [4.69, 9.17) is 14.7 Å². The van der Waals surface area contributed by atoms with Crippen LogP contribution in [0.1, 0.15) is 63.6 Å². The molecule has 0 radical (unpaired) electrons. The summed E-state index contributed by atoms with van der Waals surface area (Å²) in [4.78, 5) is 28.1. The quantitative estimate of drug-likeness (QED) is 0.361. The van der Waals surface area contributed by atoms with Gasteiger partial charge in [0, 0.05) is 34.9 Å². The zero-order valence-corrected chi connectivity index (χ0v) is 22.7. The number of pyridine rings is 1. The van der Waals surface area contributed by atoms with Gasteiger partial charge >= 0.3 is 6.09 Å². The Kier molecular flexibility index (Phi) is 8.11. The number of rotatable bonds is 7. The maximum atomic E-state index is 12.8. The zero-order chi connectivity index (χ0) is 26.5. The molecule has 0 aliphatic carbocycles. The zero-order valence-electron chi connectivity index (χ0n) is 22.7. The van der Waals surface area contributed by atoms with Gasteiger partial charge in [-0.15, -0.1) is 0 Å². The fourth-order valence-electron chi connectivity index (χ4n) is 4.62. The summed E-state index contributed by atoms with van der Waals surface area (Å²) < 4.78 is 5.58. The largest absolute Gasteiger partial charge is 0.444 e. The first-order valence-corrected chi connectivity index (χ1v) is 12.9. The van der Waals surface area contributed by atoms with Crippen molar-refractivity contribution in [1.82, 2.24) is 20.2 Å². The monoisotopic (exact) mass is 499 g/mol. The van der Waals surface area contributed by atoms with Crippen molar-refractivity contribution in [2.45, 2.75) is 67.5 Å². The molecule has 0 fully saturated rings. The number of aryl methyl sites for hydroxylation is 1. The fourth-order valence-corrected chi connectivity index (χ4v) is 4.62. The summed E-state index contributed by atoms with van der Waals surface area (Å²) >= 11 is 0. The summed E-state index contributed by atoms with van der Waals surface area (Å²) in [6.07, 6.45) is 3.21. The van der Waals surface area contributed by atoms with Crippen molar-refractivity contribution >= 4 is 22.7 Å². The maximum Gasteiger partial charge on any atom is 0.412 e. The summed E-state index contributed by atoms with van der Waals surface area (Å²) in [6.45, 7) is 13.9. The molecule has 1 aliphatic rings. The Bertz CT molecular complexity index is 1390. The molecular formula is C30H37N5O2. The average molecular weight is 500 g/mol. The van der Waals surface area contributed by atoms with Crippen molar-refractivity contribution in [3.63, 3.8) is 0 Å². The first-order valence-electron chi connectivity index (χ1n) is 12.9. The van der Waals surface area contributed by atoms with Crippen LogP contribution in [0.4, 0.5) is 4.79 Å². The Morgan fingerprint density at radius 2 is 1.95 bits per heavy atom. The molecule has 194 valence electrons. The van der Waals surface area contributed by atoms with E-state index in [1.807, 2.05) is 58.2 Å². The van der Waals surface area contributed by atoms with Gasteiger partial charge in [-0.2, -0.15) is 0 Å². The van der Waals surface area contributed by atoms with Crippen LogP contribution in [0.25, 0.3) is 10.9 Å². The highest BCUT2D eigenvalue weighted by Crippen LogP contribution is 2.25. The normalized spacial score (nSPS) is 14.2. The molecule has 0 saturated heterocycles. The molecule has 1 aromatic carbocycles. The van der Waals surface area contributed by atoms with Crippen LogP contribution < -0.4 is 5.32 Å². The van der Waals surface area contributed by atoms with Crippen molar-refractivity contribution in [3.8, 4) is 0 Å². The van der Waals surface area contributed by atoms with Crippen LogP contribution in [0.15, 0.2) is 70.3 Å². The number of hydrogen-bond acceptors (Lipinski definition) is 5. The molecule has 7 nitrogen and oxygen atoms in total. The number of hydrogen-bond donors (Lipinski definition) is 2. The van der Waals surface area contributed by atoms with E-state index in [2.05, 4.69) is 41.2 Å². The minimum atomic E-state index is -0.500. The van der Waals surface area contributed by atoms with Crippen molar-refractivity contribution in [3.05, 3.63) is 87.8 Å². The number of ether oxygens (including phenoxy) is 1. The van der Waals surface area contributed by atoms with Crippen molar-refractivity contribution in [1.29, 1.82) is 0 Å². The van der Waals surface area contributed by atoms with Crippen LogP contribution in [-0.2, 0) is 24.3 Å². The van der Waals surface area contributed by atoms with Gasteiger partial charge in [-0.1, -0.05) is 36.8 Å². The van der Waals surface area contributed by atoms with Gasteiger partial charge in [0.2, 0.25) is 0 Å². The molecule has 7 heteroatoms. The van der Waals surface area contributed by atoms with Gasteiger partial charge in [0.25, 0.3) is 0 Å². The van der Waals surface area contributed by atoms with Crippen molar-refractivity contribution in [2.24, 2.45) is 4.99 Å². The van der Waals surface area contributed by atoms with E-state index in [0.29, 0.717) is 5.70 Å². The van der Waals surface area contributed by atoms with E-state index in [0.717, 1.165) is 70.9 Å². The van der Waals surface area contributed by atoms with Crippen LogP contribution in [0.5, 0.6) is 0 Å². The Balaban J connectivity index is 1.50. The number of alkyl carbamates (subject to hydrolysis) is 1. The van der Waals surface area contributed by atoms with E-state index >= 15 is 0 Å². The summed E-state index contributed by atoms with van der Waals surface area (Å²) in [7, 11) is 0. The SMILES string of the molecule is CC/C(C)=C(/N=C(/C)C(NC(=O)OCc1c[nH]c2ccccc12)=C(C)C)N1CCc2ccc(C)nc2C1. The van der Waals surface area contributed by atoms with Crippen LogP contribution in [0.2, 0.25) is 0 Å². The Morgan fingerprint density at radius 1 is 1.16 bits per heavy atom. The average Bonchev–Trinajstić information content (AvgIpc) is 3.31. The second-order valence-corrected chi connectivity index (χ2v) is 9.82. The van der Waals surface area contributed by atoms with Gasteiger partial charge in [0.15, 0.2) is 0 Å². The second-order valence-electron chi connectivity index (χ2n) is 9.82. The molecule has 4 rings (SSSR count). The summed E-state index contributed by atoms with van der Waals surface area (Å²) in [6, 6.07) is 12.2. The number of aromatic nitrogens is 2. The van der Waals surface area contributed by atoms with E-state index in [-0.39, 0.29) is 6.61 Å². The van der Waals surface area contributed by atoms with Gasteiger partial charge in [-0.3, -0.25) is 10.3 Å². The lowest BCUT2D eigenvalue weighted by molar-refractivity contribution is 0.143. The maximum absolute atomic E-state index is 12.8. The summed E-state index contributed by atoms with van der Waals surface area (Å²) in [5.74, 6) is 0.946. The summed E-state index contributed by atoms with van der Waals surface area (Å²) in [5, 5.41) is 3.99. The number of para-hydroxylation sites is 1. The molecule has 37 heavy (non-hydrogen) atoms. The lowest BCUT2D eigenvalue weighted by atomic mass is 10.0. The highest BCUT2D eigenvalue weighted by Gasteiger charge is 2.21. The highest BCUT2D eigenvalue weighted by atomic mass is 16.5. The molecule has 0 bridgehead atoms. The topological polar surface area (TPSA) is 82.6 Å². The molecular weight excluding hydrogens is 462 g/mol. The van der Waals surface area contributed by atoms with Crippen LogP contribution in [-0.4, -0.2) is 33.2 Å². The number of nitrogens with zero attached hydrogens (tertiary/aromatic N) is 3. The third-order valence-corrected chi connectivity index (χ3v) is 6.81. The van der Waals surface area contributed by atoms with Crippen molar-refractivity contribution < 1.29 is 9.53 Å². The minimum absolute atomic E-state index is 0.182. The smallest absolute Gasteiger partial charge is 0.412 e. The molecule has 1 amide bonds. The fraction of sp³-hybridized carbons (Fsp3) is 0.367. The minimum Gasteiger partial charge on any atom is -0.444 e. The van der Waals surface area contributed by atoms with E-state index in [9.17, 15) is 4.79 Å². The lowest BCUT2D eigenvalue weighted by Gasteiger charge is -2.31. The standard InChI is InChI=1S/C30H37N5O2/c1-7-20(4)29(35-15-14-23-13-12-21(5)32-27(23)17-35)33-22(6)28(19(2)3)34-30(36)37-18-24-16-31-26-11-9-8-10-25(24)26/h8-13,16,31H,7,14-15,17-18H2,1-6H3,(H,34,36)/b29-20-,33-22-. The van der Waals surface area contributed by atoms with E-state index < -0.39 is 6.09 Å². The van der Waals surface area contributed by atoms with Crippen LogP contribution in [0, 0.1) is 6.92 Å². The van der Waals surface area contributed by atoms with Crippen LogP contribution in [0.3, 0.4) is 0 Å². The number of fused-ring (bicyclic) bond motifs is 2. The number of allylic oxidation sites excluding steroid dienone is 3. The molecule has 0 spiro atoms. The first kappa shape index (κ1) is 26.2. The predicted molar refractivity (Wildman–Crippen MR) is 149 cm³/mol. The third-order valence-electron chi connectivity index (χ3n) is 6.81. The molecule has 0 atom stereocenters. The number of carbonyl (C=O) groups excluding carboxylic acids is 1. The molecule has 2 N–H and O–H groups in total. The van der Waals surface area contributed by atoms with Gasteiger partial charge in [0.05, 0.1) is 23.6 Å². The van der Waals surface area contributed by atoms with Gasteiger partial charge < -0.3 is 14.6 Å². The molecule has 1 aliphatic heterocycles. The molecule has 3 aromatic rings. The number of carbonyl (C=O) groups is 1. The third kappa shape index (κ3) is 6.10. The second kappa shape index (κ2) is 11.5. The Labute approximate surface area is 219 Å². The number of H-pyrrole nitrogens is 1. The van der Waals surface area contributed by atoms with Gasteiger partial charge in [-0.25, -0.2) is 9.79 Å². The van der Waals surface area contributed by atoms with Gasteiger partial charge in [-0.05, 0) is 70.7 Å². The number of aliphatic imine (C=N–C) groups is 1. The molecule has 2 aromatic heterocycles. The molecule has 0 unspecified atom stereocenters. The van der Waals surface area contributed by atoms with Gasteiger partial charge in [0.1, 0.15) is 12.4 Å². The first-order chi connectivity index (χ1) is 17.8. The number of amides is 1. The molecule has 3 heterocycles. The van der Waals surface area contributed by atoms with E-state index in [1.54, 1.807) is 0 Å². The Hall–Kier alpha value is -3.87. The summed E-state index contributed by atoms with van der Waals surface area (Å²) in [5.41, 5.74) is 8.98.